The average molecular weight is 266 g/mol. The van der Waals surface area contributed by atoms with Crippen LogP contribution in [0.5, 0.6) is 0 Å². The zero-order chi connectivity index (χ0) is 13.8. The number of carbonyl (C=O) groups is 2. The fraction of sp³-hybridized carbons (Fsp3) is 0.867. The van der Waals surface area contributed by atoms with Crippen LogP contribution in [0.15, 0.2) is 0 Å². The summed E-state index contributed by atoms with van der Waals surface area (Å²) in [5, 5.41) is 0. The predicted molar refractivity (Wildman–Crippen MR) is 68.1 cm³/mol. The molecule has 0 N–H and O–H groups in total. The molecule has 0 aromatic heterocycles. The Hall–Kier alpha value is -1.06. The van der Waals surface area contributed by atoms with Gasteiger partial charge in [0.25, 0.3) is 0 Å². The van der Waals surface area contributed by atoms with E-state index in [1.165, 1.54) is 0 Å². The lowest BCUT2D eigenvalue weighted by Gasteiger charge is -2.31. The van der Waals surface area contributed by atoms with Gasteiger partial charge >= 0.3 is 11.9 Å². The van der Waals surface area contributed by atoms with Crippen LogP contribution < -0.4 is 0 Å². The van der Waals surface area contributed by atoms with Gasteiger partial charge in [-0.25, -0.2) is 0 Å². The zero-order valence-electron chi connectivity index (χ0n) is 11.8. The lowest BCUT2D eigenvalue weighted by atomic mass is 9.79. The van der Waals surface area contributed by atoms with Gasteiger partial charge in [-0.15, -0.1) is 0 Å². The van der Waals surface area contributed by atoms with Crippen molar-refractivity contribution in [3.63, 3.8) is 0 Å². The smallest absolute Gasteiger partial charge is 0.311 e. The number of rotatable bonds is 3. The lowest BCUT2D eigenvalue weighted by molar-refractivity contribution is -0.165. The highest BCUT2D eigenvalue weighted by Crippen LogP contribution is 2.56. The zero-order valence-corrected chi connectivity index (χ0v) is 11.8. The third-order valence-corrected chi connectivity index (χ3v) is 5.50. The van der Waals surface area contributed by atoms with E-state index in [4.69, 9.17) is 9.47 Å². The number of carbonyl (C=O) groups excluding carboxylic acids is 2. The molecule has 106 valence electrons. The normalized spacial score (nSPS) is 40.2. The molecule has 1 aliphatic heterocycles. The molecule has 3 fully saturated rings. The Morgan fingerprint density at radius 2 is 2.11 bits per heavy atom. The first kappa shape index (κ1) is 12.9. The van der Waals surface area contributed by atoms with Gasteiger partial charge in [-0.2, -0.15) is 0 Å². The summed E-state index contributed by atoms with van der Waals surface area (Å²) >= 11 is 0. The van der Waals surface area contributed by atoms with Gasteiger partial charge in [-0.3, -0.25) is 9.59 Å². The molecule has 2 saturated carbocycles. The predicted octanol–water partition coefficient (Wildman–Crippen LogP) is 2.16. The van der Waals surface area contributed by atoms with E-state index in [0.717, 1.165) is 19.3 Å². The number of cyclic esters (lactones) is 1. The van der Waals surface area contributed by atoms with E-state index in [1.807, 2.05) is 20.8 Å². The van der Waals surface area contributed by atoms with Crippen LogP contribution in [-0.2, 0) is 19.1 Å². The Balaban J connectivity index is 1.69. The van der Waals surface area contributed by atoms with Gasteiger partial charge in [0.1, 0.15) is 6.10 Å². The van der Waals surface area contributed by atoms with Crippen LogP contribution >= 0.6 is 0 Å². The SMILES string of the molecule is CCC(C)(C)C(=O)OC1CC2CC1C1C(=O)OCC21. The van der Waals surface area contributed by atoms with Gasteiger partial charge in [0.2, 0.25) is 0 Å². The summed E-state index contributed by atoms with van der Waals surface area (Å²) in [7, 11) is 0. The van der Waals surface area contributed by atoms with Crippen molar-refractivity contribution in [3.8, 4) is 0 Å². The summed E-state index contributed by atoms with van der Waals surface area (Å²) in [6.45, 7) is 6.39. The maximum Gasteiger partial charge on any atom is 0.311 e. The number of ether oxygens (including phenoxy) is 2. The van der Waals surface area contributed by atoms with Crippen molar-refractivity contribution in [1.29, 1.82) is 0 Å². The summed E-state index contributed by atoms with van der Waals surface area (Å²) in [4.78, 5) is 23.9. The molecule has 0 amide bonds. The van der Waals surface area contributed by atoms with Crippen LogP contribution in [0.2, 0.25) is 0 Å². The molecule has 3 aliphatic rings. The molecule has 0 aromatic carbocycles. The summed E-state index contributed by atoms with van der Waals surface area (Å²) in [5.41, 5.74) is -0.433. The largest absolute Gasteiger partial charge is 0.465 e. The van der Waals surface area contributed by atoms with E-state index in [9.17, 15) is 9.59 Å². The first-order chi connectivity index (χ1) is 8.94. The van der Waals surface area contributed by atoms with Gasteiger partial charge in [0, 0.05) is 11.8 Å². The maximum atomic E-state index is 12.2. The fourth-order valence-corrected chi connectivity index (χ4v) is 3.85. The Kier molecular flexibility index (Phi) is 2.88. The first-order valence-electron chi connectivity index (χ1n) is 7.31. The highest BCUT2D eigenvalue weighted by atomic mass is 16.6. The van der Waals surface area contributed by atoms with Crippen LogP contribution in [-0.4, -0.2) is 24.6 Å². The number of esters is 2. The highest BCUT2D eigenvalue weighted by Gasteiger charge is 2.60. The summed E-state index contributed by atoms with van der Waals surface area (Å²) in [6, 6.07) is 0. The summed E-state index contributed by atoms with van der Waals surface area (Å²) in [5.74, 6) is 0.863. The minimum atomic E-state index is -0.433. The third-order valence-electron chi connectivity index (χ3n) is 5.50. The van der Waals surface area contributed by atoms with Crippen molar-refractivity contribution in [2.24, 2.45) is 29.1 Å². The highest BCUT2D eigenvalue weighted by molar-refractivity contribution is 5.77. The molecule has 19 heavy (non-hydrogen) atoms. The van der Waals surface area contributed by atoms with Gasteiger partial charge < -0.3 is 9.47 Å². The molecule has 3 rings (SSSR count). The van der Waals surface area contributed by atoms with Crippen molar-refractivity contribution in [3.05, 3.63) is 0 Å². The van der Waals surface area contributed by atoms with E-state index in [1.54, 1.807) is 0 Å². The van der Waals surface area contributed by atoms with Crippen LogP contribution in [0.4, 0.5) is 0 Å². The molecular formula is C15H22O4. The minimum absolute atomic E-state index is 0.0127. The first-order valence-corrected chi connectivity index (χ1v) is 7.31. The third kappa shape index (κ3) is 1.87. The van der Waals surface area contributed by atoms with Crippen molar-refractivity contribution < 1.29 is 19.1 Å². The van der Waals surface area contributed by atoms with E-state index in [0.29, 0.717) is 18.4 Å². The van der Waals surface area contributed by atoms with E-state index in [-0.39, 0.29) is 29.9 Å². The Morgan fingerprint density at radius 1 is 1.37 bits per heavy atom. The number of hydrogen-bond donors (Lipinski definition) is 0. The molecule has 4 nitrogen and oxygen atoms in total. The minimum Gasteiger partial charge on any atom is -0.465 e. The number of fused-ring (bicyclic) bond motifs is 5. The molecule has 5 unspecified atom stereocenters. The molecule has 5 atom stereocenters. The lowest BCUT2D eigenvalue weighted by Crippen LogP contribution is -2.38. The van der Waals surface area contributed by atoms with E-state index >= 15 is 0 Å². The van der Waals surface area contributed by atoms with Crippen LogP contribution in [0, 0.1) is 29.1 Å². The molecule has 1 saturated heterocycles. The Bertz CT molecular complexity index is 414. The van der Waals surface area contributed by atoms with Crippen molar-refractivity contribution in [1.82, 2.24) is 0 Å². The molecule has 4 heteroatoms. The molecule has 0 spiro atoms. The number of hydrogen-bond acceptors (Lipinski definition) is 4. The Labute approximate surface area is 113 Å². The summed E-state index contributed by atoms with van der Waals surface area (Å²) in [6.07, 6.45) is 2.62. The van der Waals surface area contributed by atoms with Crippen LogP contribution in [0.3, 0.4) is 0 Å². The molecule has 0 radical (unpaired) electrons. The van der Waals surface area contributed by atoms with Gasteiger partial charge in [-0.05, 0) is 39.0 Å². The topological polar surface area (TPSA) is 52.6 Å². The van der Waals surface area contributed by atoms with E-state index in [2.05, 4.69) is 0 Å². The molecular weight excluding hydrogens is 244 g/mol. The standard InChI is InChI=1S/C15H22O4/c1-4-15(2,3)14(17)19-11-6-8-5-9(11)12-10(8)7-18-13(12)16/h8-12H,4-7H2,1-3H3. The molecule has 0 aromatic rings. The molecule has 2 aliphatic carbocycles. The van der Waals surface area contributed by atoms with Crippen LogP contribution in [0.1, 0.15) is 40.0 Å². The van der Waals surface area contributed by atoms with Crippen molar-refractivity contribution in [2.45, 2.75) is 46.1 Å². The molecule has 2 bridgehead atoms. The second-order valence-electron chi connectivity index (χ2n) is 6.90. The average Bonchev–Trinajstić information content (AvgIpc) is 3.02. The second-order valence-corrected chi connectivity index (χ2v) is 6.90. The quantitative estimate of drug-likeness (QED) is 0.735. The maximum absolute atomic E-state index is 12.2. The van der Waals surface area contributed by atoms with Crippen molar-refractivity contribution >= 4 is 11.9 Å². The van der Waals surface area contributed by atoms with Gasteiger partial charge in [-0.1, -0.05) is 6.92 Å². The second kappa shape index (κ2) is 4.22. The summed E-state index contributed by atoms with van der Waals surface area (Å²) < 4.78 is 10.9. The monoisotopic (exact) mass is 266 g/mol. The van der Waals surface area contributed by atoms with Crippen molar-refractivity contribution in [2.75, 3.05) is 6.61 Å². The Morgan fingerprint density at radius 3 is 2.79 bits per heavy atom. The fourth-order valence-electron chi connectivity index (χ4n) is 3.85. The van der Waals surface area contributed by atoms with E-state index < -0.39 is 5.41 Å². The van der Waals surface area contributed by atoms with Gasteiger partial charge in [0.15, 0.2) is 0 Å². The van der Waals surface area contributed by atoms with Crippen LogP contribution in [0.25, 0.3) is 0 Å². The molecule has 1 heterocycles. The van der Waals surface area contributed by atoms with Gasteiger partial charge in [0.05, 0.1) is 17.9 Å².